The zero-order valence-electron chi connectivity index (χ0n) is 7.92. The predicted molar refractivity (Wildman–Crippen MR) is 55.2 cm³/mol. The van der Waals surface area contributed by atoms with Crippen LogP contribution in [0.15, 0.2) is 27.3 Å². The van der Waals surface area contributed by atoms with Crippen LogP contribution in [0.1, 0.15) is 5.89 Å². The van der Waals surface area contributed by atoms with Gasteiger partial charge in [0.15, 0.2) is 5.76 Å². The van der Waals surface area contributed by atoms with Crippen molar-refractivity contribution in [2.24, 2.45) is 0 Å². The van der Waals surface area contributed by atoms with Crippen LogP contribution in [0, 0.1) is 0 Å². The molecule has 2 aromatic rings. The highest BCUT2D eigenvalue weighted by Crippen LogP contribution is 2.17. The van der Waals surface area contributed by atoms with Crippen molar-refractivity contribution in [3.05, 3.63) is 24.3 Å². The molecule has 6 heteroatoms. The Kier molecular flexibility index (Phi) is 3.41. The summed E-state index contributed by atoms with van der Waals surface area (Å²) >= 11 is 1.54. The molecule has 5 nitrogen and oxygen atoms in total. The summed E-state index contributed by atoms with van der Waals surface area (Å²) in [7, 11) is 0. The molecule has 0 aliphatic carbocycles. The minimum absolute atomic E-state index is 0.157. The summed E-state index contributed by atoms with van der Waals surface area (Å²) in [4.78, 5) is 4.15. The van der Waals surface area contributed by atoms with E-state index in [-0.39, 0.29) is 6.61 Å². The van der Waals surface area contributed by atoms with E-state index < -0.39 is 0 Å². The zero-order valence-corrected chi connectivity index (χ0v) is 8.74. The number of aromatic nitrogens is 2. The number of aliphatic hydroxyl groups excluding tert-OH is 1. The van der Waals surface area contributed by atoms with Gasteiger partial charge in [-0.05, 0) is 12.1 Å². The SMILES string of the molecule is OCCSCc1nc(-c2ccco2)no1. The Bertz CT molecular complexity index is 399. The van der Waals surface area contributed by atoms with Gasteiger partial charge in [0.2, 0.25) is 11.7 Å². The summed E-state index contributed by atoms with van der Waals surface area (Å²) in [5.74, 6) is 2.86. The largest absolute Gasteiger partial charge is 0.461 e. The van der Waals surface area contributed by atoms with Crippen molar-refractivity contribution in [1.82, 2.24) is 10.1 Å². The summed E-state index contributed by atoms with van der Waals surface area (Å²) in [6, 6.07) is 3.54. The maximum Gasteiger partial charge on any atom is 0.238 e. The number of rotatable bonds is 5. The molecular weight excluding hydrogens is 216 g/mol. The van der Waals surface area contributed by atoms with E-state index in [1.54, 1.807) is 30.2 Å². The predicted octanol–water partition coefficient (Wildman–Crippen LogP) is 1.56. The molecule has 0 atom stereocenters. The van der Waals surface area contributed by atoms with E-state index in [0.717, 1.165) is 0 Å². The van der Waals surface area contributed by atoms with Crippen LogP contribution in [-0.4, -0.2) is 27.6 Å². The molecule has 0 fully saturated rings. The molecule has 0 saturated carbocycles. The zero-order chi connectivity index (χ0) is 10.5. The van der Waals surface area contributed by atoms with Gasteiger partial charge in [0.1, 0.15) is 0 Å². The fourth-order valence-electron chi connectivity index (χ4n) is 1.04. The summed E-state index contributed by atoms with van der Waals surface area (Å²) in [6.07, 6.45) is 1.56. The fourth-order valence-corrected chi connectivity index (χ4v) is 1.61. The maximum atomic E-state index is 8.60. The average Bonchev–Trinajstić information content (AvgIpc) is 2.87. The standard InChI is InChI=1S/C9H10N2O3S/c12-3-5-15-6-8-10-9(11-14-8)7-2-1-4-13-7/h1-2,4,12H,3,5-6H2. The van der Waals surface area contributed by atoms with Crippen LogP contribution >= 0.6 is 11.8 Å². The minimum Gasteiger partial charge on any atom is -0.461 e. The molecule has 0 amide bonds. The van der Waals surface area contributed by atoms with Crippen LogP contribution in [0.25, 0.3) is 11.6 Å². The van der Waals surface area contributed by atoms with E-state index in [1.165, 1.54) is 0 Å². The first-order valence-electron chi connectivity index (χ1n) is 4.45. The van der Waals surface area contributed by atoms with Crippen molar-refractivity contribution in [1.29, 1.82) is 0 Å². The lowest BCUT2D eigenvalue weighted by molar-refractivity contribution is 0.322. The Morgan fingerprint density at radius 1 is 1.47 bits per heavy atom. The van der Waals surface area contributed by atoms with E-state index in [0.29, 0.717) is 29.0 Å². The second-order valence-electron chi connectivity index (χ2n) is 2.77. The molecule has 0 bridgehead atoms. The van der Waals surface area contributed by atoms with Crippen LogP contribution in [0.2, 0.25) is 0 Å². The Labute approximate surface area is 90.5 Å². The summed E-state index contributed by atoms with van der Waals surface area (Å²) < 4.78 is 10.1. The lowest BCUT2D eigenvalue weighted by atomic mass is 10.4. The third kappa shape index (κ3) is 2.60. The molecule has 0 radical (unpaired) electrons. The summed E-state index contributed by atoms with van der Waals surface area (Å²) in [6.45, 7) is 0.157. The molecule has 0 unspecified atom stereocenters. The smallest absolute Gasteiger partial charge is 0.238 e. The lowest BCUT2D eigenvalue weighted by Crippen LogP contribution is -1.88. The van der Waals surface area contributed by atoms with E-state index >= 15 is 0 Å². The second kappa shape index (κ2) is 4.99. The highest BCUT2D eigenvalue weighted by molar-refractivity contribution is 7.98. The number of aliphatic hydroxyl groups is 1. The normalized spacial score (nSPS) is 10.7. The van der Waals surface area contributed by atoms with Gasteiger partial charge in [-0.2, -0.15) is 4.98 Å². The summed E-state index contributed by atoms with van der Waals surface area (Å²) in [5.41, 5.74) is 0. The number of hydrogen-bond acceptors (Lipinski definition) is 6. The minimum atomic E-state index is 0.157. The molecule has 15 heavy (non-hydrogen) atoms. The van der Waals surface area contributed by atoms with E-state index in [9.17, 15) is 0 Å². The molecule has 0 aliphatic heterocycles. The van der Waals surface area contributed by atoms with Crippen LogP contribution in [-0.2, 0) is 5.75 Å². The third-order valence-electron chi connectivity index (χ3n) is 1.67. The van der Waals surface area contributed by atoms with Gasteiger partial charge in [0.25, 0.3) is 0 Å². The first-order chi connectivity index (χ1) is 7.40. The quantitative estimate of drug-likeness (QED) is 0.780. The van der Waals surface area contributed by atoms with Crippen molar-refractivity contribution in [2.75, 3.05) is 12.4 Å². The van der Waals surface area contributed by atoms with Crippen molar-refractivity contribution < 1.29 is 14.0 Å². The molecule has 80 valence electrons. The third-order valence-corrected chi connectivity index (χ3v) is 2.59. The topological polar surface area (TPSA) is 72.3 Å². The van der Waals surface area contributed by atoms with Crippen molar-refractivity contribution in [3.8, 4) is 11.6 Å². The first-order valence-corrected chi connectivity index (χ1v) is 5.60. The second-order valence-corrected chi connectivity index (χ2v) is 3.87. The van der Waals surface area contributed by atoms with Gasteiger partial charge in [-0.3, -0.25) is 0 Å². The molecule has 2 rings (SSSR count). The number of furan rings is 1. The monoisotopic (exact) mass is 226 g/mol. The van der Waals surface area contributed by atoms with Gasteiger partial charge in [-0.15, -0.1) is 11.8 Å². The number of nitrogens with zero attached hydrogens (tertiary/aromatic N) is 2. The van der Waals surface area contributed by atoms with Crippen molar-refractivity contribution in [2.45, 2.75) is 5.75 Å². The molecule has 0 saturated heterocycles. The van der Waals surface area contributed by atoms with E-state index in [1.807, 2.05) is 0 Å². The van der Waals surface area contributed by atoms with Crippen LogP contribution in [0.3, 0.4) is 0 Å². The van der Waals surface area contributed by atoms with E-state index in [4.69, 9.17) is 14.0 Å². The van der Waals surface area contributed by atoms with Gasteiger partial charge in [0.05, 0.1) is 18.6 Å². The molecule has 0 spiro atoms. The summed E-state index contributed by atoms with van der Waals surface area (Å²) in [5, 5.41) is 12.4. The molecular formula is C9H10N2O3S. The van der Waals surface area contributed by atoms with E-state index in [2.05, 4.69) is 10.1 Å². The molecule has 0 aliphatic rings. The number of thioether (sulfide) groups is 1. The Balaban J connectivity index is 1.98. The van der Waals surface area contributed by atoms with Gasteiger partial charge < -0.3 is 14.0 Å². The molecule has 2 heterocycles. The van der Waals surface area contributed by atoms with Gasteiger partial charge >= 0.3 is 0 Å². The van der Waals surface area contributed by atoms with Gasteiger partial charge in [-0.1, -0.05) is 5.16 Å². The molecule has 1 N–H and O–H groups in total. The first kappa shape index (κ1) is 10.3. The Morgan fingerprint density at radius 3 is 3.13 bits per heavy atom. The fraction of sp³-hybridized carbons (Fsp3) is 0.333. The highest BCUT2D eigenvalue weighted by Gasteiger charge is 2.10. The van der Waals surface area contributed by atoms with Crippen molar-refractivity contribution in [3.63, 3.8) is 0 Å². The maximum absolute atomic E-state index is 8.60. The molecule has 0 aromatic carbocycles. The Hall–Kier alpha value is -1.27. The molecule has 2 aromatic heterocycles. The number of hydrogen-bond donors (Lipinski definition) is 1. The lowest BCUT2D eigenvalue weighted by Gasteiger charge is -1.91. The van der Waals surface area contributed by atoms with Crippen LogP contribution < -0.4 is 0 Å². The average molecular weight is 226 g/mol. The highest BCUT2D eigenvalue weighted by atomic mass is 32.2. The van der Waals surface area contributed by atoms with Crippen molar-refractivity contribution >= 4 is 11.8 Å². The van der Waals surface area contributed by atoms with Gasteiger partial charge in [-0.25, -0.2) is 0 Å². The van der Waals surface area contributed by atoms with Gasteiger partial charge in [0, 0.05) is 5.75 Å². The van der Waals surface area contributed by atoms with Crippen LogP contribution in [0.5, 0.6) is 0 Å². The van der Waals surface area contributed by atoms with Crippen LogP contribution in [0.4, 0.5) is 0 Å². The Morgan fingerprint density at radius 2 is 2.40 bits per heavy atom.